The Hall–Kier alpha value is -1.62. The van der Waals surface area contributed by atoms with Crippen LogP contribution in [0.15, 0.2) is 16.9 Å². The van der Waals surface area contributed by atoms with Crippen molar-refractivity contribution in [2.75, 3.05) is 19.8 Å². The van der Waals surface area contributed by atoms with Crippen molar-refractivity contribution in [1.29, 1.82) is 0 Å². The summed E-state index contributed by atoms with van der Waals surface area (Å²) < 4.78 is 5.42. The average Bonchev–Trinajstić information content (AvgIpc) is 3.30. The van der Waals surface area contributed by atoms with E-state index in [1.807, 2.05) is 6.07 Å². The molecule has 1 amide bonds. The van der Waals surface area contributed by atoms with Gasteiger partial charge in [-0.25, -0.2) is 0 Å². The largest absolute Gasteiger partial charge is 0.381 e. The highest BCUT2D eigenvalue weighted by molar-refractivity contribution is 5.93. The van der Waals surface area contributed by atoms with Gasteiger partial charge in [0, 0.05) is 25.5 Å². The number of carbonyl (C=O) groups excluding carboxylic acids is 1. The molecule has 1 saturated carbocycles. The van der Waals surface area contributed by atoms with E-state index in [2.05, 4.69) is 17.2 Å². The van der Waals surface area contributed by atoms with Crippen LogP contribution in [-0.2, 0) is 4.74 Å². The monoisotopic (exact) mass is 292 g/mol. The number of hydrogen-bond donors (Lipinski definition) is 2. The molecule has 1 aromatic rings. The molecule has 5 heteroatoms. The third kappa shape index (κ3) is 5.01. The van der Waals surface area contributed by atoms with Crippen molar-refractivity contribution in [3.63, 3.8) is 0 Å². The van der Waals surface area contributed by atoms with E-state index in [1.165, 1.54) is 0 Å². The predicted octanol–water partition coefficient (Wildman–Crippen LogP) is 2.19. The molecule has 5 nitrogen and oxygen atoms in total. The second kappa shape index (κ2) is 7.98. The standard InChI is InChI=1S/C16H24N2O3/c1-2-3-10-21-11-4-9-17-15(19)13-7-8-14(12-5-6-12)18-16(13)20/h7-8,12H,2-6,9-11H2,1H3,(H,17,19)(H,18,20). The summed E-state index contributed by atoms with van der Waals surface area (Å²) in [4.78, 5) is 26.6. The number of nitrogens with one attached hydrogen (secondary N) is 2. The number of amides is 1. The molecule has 2 rings (SSSR count). The van der Waals surface area contributed by atoms with Crippen LogP contribution in [0.4, 0.5) is 0 Å². The molecule has 0 saturated heterocycles. The van der Waals surface area contributed by atoms with Crippen LogP contribution in [0.1, 0.15) is 61.0 Å². The third-order valence-corrected chi connectivity index (χ3v) is 3.59. The van der Waals surface area contributed by atoms with E-state index in [1.54, 1.807) is 6.07 Å². The topological polar surface area (TPSA) is 71.2 Å². The zero-order chi connectivity index (χ0) is 15.1. The minimum atomic E-state index is -0.313. The van der Waals surface area contributed by atoms with Gasteiger partial charge in [0.1, 0.15) is 5.56 Å². The third-order valence-electron chi connectivity index (χ3n) is 3.59. The molecule has 0 spiro atoms. The van der Waals surface area contributed by atoms with Crippen molar-refractivity contribution in [2.24, 2.45) is 0 Å². The highest BCUT2D eigenvalue weighted by atomic mass is 16.5. The maximum atomic E-state index is 11.9. The van der Waals surface area contributed by atoms with Gasteiger partial charge in [0.05, 0.1) is 0 Å². The van der Waals surface area contributed by atoms with E-state index in [-0.39, 0.29) is 17.0 Å². The molecule has 2 N–H and O–H groups in total. The van der Waals surface area contributed by atoms with Crippen LogP contribution < -0.4 is 10.9 Å². The van der Waals surface area contributed by atoms with Crippen LogP contribution in [0.2, 0.25) is 0 Å². The van der Waals surface area contributed by atoms with Crippen molar-refractivity contribution in [3.8, 4) is 0 Å². The molecule has 0 aromatic carbocycles. The lowest BCUT2D eigenvalue weighted by Gasteiger charge is -2.06. The number of unbranched alkanes of at least 4 members (excludes halogenated alkanes) is 1. The number of aromatic nitrogens is 1. The molecule has 0 unspecified atom stereocenters. The van der Waals surface area contributed by atoms with Crippen LogP contribution in [0.5, 0.6) is 0 Å². The van der Waals surface area contributed by atoms with Crippen molar-refractivity contribution in [3.05, 3.63) is 33.7 Å². The smallest absolute Gasteiger partial charge is 0.261 e. The van der Waals surface area contributed by atoms with E-state index in [0.29, 0.717) is 19.1 Å². The fraction of sp³-hybridized carbons (Fsp3) is 0.625. The van der Waals surface area contributed by atoms with Crippen molar-refractivity contribution < 1.29 is 9.53 Å². The molecular weight excluding hydrogens is 268 g/mol. The number of rotatable bonds is 9. The summed E-state index contributed by atoms with van der Waals surface area (Å²) in [5.74, 6) is 0.169. The summed E-state index contributed by atoms with van der Waals surface area (Å²) in [6.07, 6.45) is 5.19. The Kier molecular flexibility index (Phi) is 5.99. The van der Waals surface area contributed by atoms with Gasteiger partial charge in [-0.05, 0) is 43.7 Å². The lowest BCUT2D eigenvalue weighted by molar-refractivity contribution is 0.0939. The first-order valence-electron chi connectivity index (χ1n) is 7.81. The lowest BCUT2D eigenvalue weighted by atomic mass is 10.2. The number of H-pyrrole nitrogens is 1. The molecule has 1 aliphatic rings. The molecule has 0 aliphatic heterocycles. The fourth-order valence-corrected chi connectivity index (χ4v) is 2.12. The van der Waals surface area contributed by atoms with Gasteiger partial charge in [0.15, 0.2) is 0 Å². The van der Waals surface area contributed by atoms with Gasteiger partial charge in [-0.3, -0.25) is 9.59 Å². The summed E-state index contributed by atoms with van der Waals surface area (Å²) >= 11 is 0. The molecule has 1 aliphatic carbocycles. The molecule has 1 fully saturated rings. The Morgan fingerprint density at radius 1 is 1.33 bits per heavy atom. The van der Waals surface area contributed by atoms with Gasteiger partial charge < -0.3 is 15.0 Å². The first-order valence-corrected chi connectivity index (χ1v) is 7.81. The normalized spacial score (nSPS) is 14.1. The Morgan fingerprint density at radius 3 is 2.76 bits per heavy atom. The van der Waals surface area contributed by atoms with Crippen LogP contribution >= 0.6 is 0 Å². The van der Waals surface area contributed by atoms with Gasteiger partial charge in [-0.2, -0.15) is 0 Å². The average molecular weight is 292 g/mol. The van der Waals surface area contributed by atoms with Gasteiger partial charge in [0.2, 0.25) is 0 Å². The molecule has 1 heterocycles. The summed E-state index contributed by atoms with van der Waals surface area (Å²) in [5, 5.41) is 2.76. The number of carbonyl (C=O) groups is 1. The van der Waals surface area contributed by atoms with E-state index in [9.17, 15) is 9.59 Å². The summed E-state index contributed by atoms with van der Waals surface area (Å²) in [7, 11) is 0. The van der Waals surface area contributed by atoms with E-state index >= 15 is 0 Å². The second-order valence-corrected chi connectivity index (χ2v) is 5.51. The van der Waals surface area contributed by atoms with Crippen LogP contribution in [0.3, 0.4) is 0 Å². The van der Waals surface area contributed by atoms with E-state index in [0.717, 1.165) is 44.4 Å². The van der Waals surface area contributed by atoms with Crippen molar-refractivity contribution in [1.82, 2.24) is 10.3 Å². The quantitative estimate of drug-likeness (QED) is 0.685. The molecule has 0 radical (unpaired) electrons. The predicted molar refractivity (Wildman–Crippen MR) is 81.7 cm³/mol. The fourth-order valence-electron chi connectivity index (χ4n) is 2.12. The van der Waals surface area contributed by atoms with Crippen molar-refractivity contribution in [2.45, 2.75) is 44.9 Å². The Balaban J connectivity index is 1.72. The molecule has 0 bridgehead atoms. The molecule has 21 heavy (non-hydrogen) atoms. The van der Waals surface area contributed by atoms with Gasteiger partial charge in [-0.15, -0.1) is 0 Å². The maximum absolute atomic E-state index is 11.9. The number of hydrogen-bond acceptors (Lipinski definition) is 3. The number of ether oxygens (including phenoxy) is 1. The lowest BCUT2D eigenvalue weighted by Crippen LogP contribution is -2.31. The van der Waals surface area contributed by atoms with Crippen LogP contribution in [0.25, 0.3) is 0 Å². The summed E-state index contributed by atoms with van der Waals surface area (Å²) in [6.45, 7) is 4.05. The second-order valence-electron chi connectivity index (χ2n) is 5.51. The zero-order valence-electron chi connectivity index (χ0n) is 12.6. The minimum absolute atomic E-state index is 0.186. The Morgan fingerprint density at radius 2 is 2.10 bits per heavy atom. The SMILES string of the molecule is CCCCOCCCNC(=O)c1ccc(C2CC2)[nH]c1=O. The van der Waals surface area contributed by atoms with E-state index < -0.39 is 0 Å². The first kappa shape index (κ1) is 15.8. The summed E-state index contributed by atoms with van der Waals surface area (Å²) in [6, 6.07) is 3.47. The van der Waals surface area contributed by atoms with Crippen LogP contribution in [-0.4, -0.2) is 30.6 Å². The zero-order valence-corrected chi connectivity index (χ0v) is 12.6. The van der Waals surface area contributed by atoms with Crippen LogP contribution in [0, 0.1) is 0 Å². The van der Waals surface area contributed by atoms with Gasteiger partial charge >= 0.3 is 0 Å². The molecule has 0 atom stereocenters. The highest BCUT2D eigenvalue weighted by Gasteiger charge is 2.25. The maximum Gasteiger partial charge on any atom is 0.261 e. The van der Waals surface area contributed by atoms with Crippen molar-refractivity contribution >= 4 is 5.91 Å². The van der Waals surface area contributed by atoms with E-state index in [4.69, 9.17) is 4.74 Å². The van der Waals surface area contributed by atoms with Gasteiger partial charge in [-0.1, -0.05) is 13.3 Å². The molecule has 1 aromatic heterocycles. The number of aromatic amines is 1. The Labute approximate surface area is 125 Å². The summed E-state index contributed by atoms with van der Waals surface area (Å²) in [5.41, 5.74) is 0.836. The molecule has 116 valence electrons. The minimum Gasteiger partial charge on any atom is -0.381 e. The highest BCUT2D eigenvalue weighted by Crippen LogP contribution is 2.38. The number of pyridine rings is 1. The first-order chi connectivity index (χ1) is 10.2. The molecular formula is C16H24N2O3. The Bertz CT molecular complexity index is 520. The van der Waals surface area contributed by atoms with Gasteiger partial charge in [0.25, 0.3) is 11.5 Å².